The van der Waals surface area contributed by atoms with E-state index in [-0.39, 0.29) is 12.0 Å². The summed E-state index contributed by atoms with van der Waals surface area (Å²) < 4.78 is 5.67. The molecule has 0 bridgehead atoms. The zero-order valence-electron chi connectivity index (χ0n) is 12.5. The van der Waals surface area contributed by atoms with Gasteiger partial charge in [-0.25, -0.2) is 4.98 Å². The summed E-state index contributed by atoms with van der Waals surface area (Å²) in [7, 11) is 0. The second-order valence-corrected chi connectivity index (χ2v) is 5.34. The van der Waals surface area contributed by atoms with E-state index in [1.165, 1.54) is 0 Å². The van der Waals surface area contributed by atoms with Gasteiger partial charge in [-0.3, -0.25) is 14.9 Å². The van der Waals surface area contributed by atoms with Crippen LogP contribution in [0.5, 0.6) is 0 Å². The van der Waals surface area contributed by atoms with Crippen molar-refractivity contribution in [3.8, 4) is 0 Å². The molecule has 1 fully saturated rings. The summed E-state index contributed by atoms with van der Waals surface area (Å²) in [6.45, 7) is 3.47. The first-order valence-electron chi connectivity index (χ1n) is 7.39. The van der Waals surface area contributed by atoms with Crippen LogP contribution in [0.25, 0.3) is 0 Å². The molecule has 0 aromatic carbocycles. The van der Waals surface area contributed by atoms with E-state index in [1.54, 1.807) is 12.4 Å². The highest BCUT2D eigenvalue weighted by Gasteiger charge is 2.27. The average Bonchev–Trinajstić information content (AvgIpc) is 3.00. The average molecular weight is 301 g/mol. The minimum Gasteiger partial charge on any atom is -0.366 e. The van der Waals surface area contributed by atoms with Crippen LogP contribution in [0.1, 0.15) is 29.7 Å². The van der Waals surface area contributed by atoms with Crippen molar-refractivity contribution in [1.29, 1.82) is 0 Å². The van der Waals surface area contributed by atoms with Gasteiger partial charge in [0.15, 0.2) is 5.82 Å². The summed E-state index contributed by atoms with van der Waals surface area (Å²) in [4.78, 5) is 22.5. The molecule has 2 aromatic rings. The van der Waals surface area contributed by atoms with Crippen LogP contribution >= 0.6 is 0 Å². The third kappa shape index (κ3) is 3.48. The van der Waals surface area contributed by atoms with Crippen LogP contribution in [0, 0.1) is 6.92 Å². The molecule has 1 N–H and O–H groups in total. The Balaban J connectivity index is 1.56. The quantitative estimate of drug-likeness (QED) is 0.912. The normalized spacial score (nSPS) is 18.4. The molecule has 0 radical (unpaired) electrons. The van der Waals surface area contributed by atoms with E-state index in [9.17, 15) is 4.79 Å². The van der Waals surface area contributed by atoms with Crippen LogP contribution in [0.15, 0.2) is 24.5 Å². The van der Waals surface area contributed by atoms with Crippen LogP contribution in [-0.2, 0) is 16.0 Å². The number of nitrogens with one attached hydrogen (secondary N) is 1. The fourth-order valence-corrected chi connectivity index (χ4v) is 2.49. The van der Waals surface area contributed by atoms with Crippen LogP contribution in [0.4, 0.5) is 0 Å². The number of morpholine rings is 1. The van der Waals surface area contributed by atoms with Gasteiger partial charge in [0.1, 0.15) is 11.9 Å². The molecule has 1 atom stereocenters. The van der Waals surface area contributed by atoms with Crippen molar-refractivity contribution in [1.82, 2.24) is 25.1 Å². The first-order valence-corrected chi connectivity index (χ1v) is 7.39. The zero-order valence-corrected chi connectivity index (χ0v) is 12.5. The number of hydrogen-bond donors (Lipinski definition) is 1. The number of carbonyl (C=O) groups is 1. The molecule has 1 unspecified atom stereocenters. The number of ether oxygens (including phenoxy) is 1. The van der Waals surface area contributed by atoms with Crippen molar-refractivity contribution in [2.24, 2.45) is 0 Å². The molecule has 3 heterocycles. The Morgan fingerprint density at radius 3 is 3.18 bits per heavy atom. The summed E-state index contributed by atoms with van der Waals surface area (Å²) in [6, 6.07) is 3.87. The number of amides is 1. The summed E-state index contributed by atoms with van der Waals surface area (Å²) in [5, 5.41) is 6.92. The number of rotatable bonds is 4. The van der Waals surface area contributed by atoms with Crippen molar-refractivity contribution in [2.45, 2.75) is 25.9 Å². The van der Waals surface area contributed by atoms with Gasteiger partial charge in [0.2, 0.25) is 5.91 Å². The highest BCUT2D eigenvalue weighted by Crippen LogP contribution is 2.19. The molecule has 0 spiro atoms. The van der Waals surface area contributed by atoms with Gasteiger partial charge in [-0.05, 0) is 25.0 Å². The number of carbonyl (C=O) groups excluding carboxylic acids is 1. The third-order valence-electron chi connectivity index (χ3n) is 3.67. The number of aryl methyl sites for hydroxylation is 2. The summed E-state index contributed by atoms with van der Waals surface area (Å²) in [5.74, 6) is 1.49. The fraction of sp³-hybridized carbons (Fsp3) is 0.467. The van der Waals surface area contributed by atoms with Crippen molar-refractivity contribution < 1.29 is 9.53 Å². The Hall–Kier alpha value is -2.28. The van der Waals surface area contributed by atoms with E-state index in [0.29, 0.717) is 38.4 Å². The predicted molar refractivity (Wildman–Crippen MR) is 79.0 cm³/mol. The second-order valence-electron chi connectivity index (χ2n) is 5.34. The first kappa shape index (κ1) is 14.6. The maximum atomic E-state index is 12.4. The lowest BCUT2D eigenvalue weighted by Gasteiger charge is -2.31. The fourth-order valence-electron chi connectivity index (χ4n) is 2.49. The molecule has 2 aromatic heterocycles. The van der Waals surface area contributed by atoms with Crippen LogP contribution in [0.2, 0.25) is 0 Å². The number of H-pyrrole nitrogens is 1. The molecule has 1 aliphatic heterocycles. The zero-order chi connectivity index (χ0) is 15.4. The minimum absolute atomic E-state index is 0.129. The molecule has 0 aliphatic carbocycles. The van der Waals surface area contributed by atoms with Crippen molar-refractivity contribution in [3.63, 3.8) is 0 Å². The second kappa shape index (κ2) is 6.65. The molecule has 22 heavy (non-hydrogen) atoms. The first-order chi connectivity index (χ1) is 10.7. The molecule has 7 nitrogen and oxygen atoms in total. The van der Waals surface area contributed by atoms with E-state index in [0.717, 1.165) is 11.4 Å². The molecule has 116 valence electrons. The molecule has 7 heteroatoms. The Labute approximate surface area is 128 Å². The lowest BCUT2D eigenvalue weighted by atomic mass is 10.1. The number of nitrogens with zero attached hydrogens (tertiary/aromatic N) is 4. The van der Waals surface area contributed by atoms with Crippen LogP contribution < -0.4 is 0 Å². The van der Waals surface area contributed by atoms with Gasteiger partial charge < -0.3 is 9.64 Å². The molecule has 1 aliphatic rings. The van der Waals surface area contributed by atoms with E-state index in [2.05, 4.69) is 20.2 Å². The van der Waals surface area contributed by atoms with E-state index >= 15 is 0 Å². The topological polar surface area (TPSA) is 84.0 Å². The molecular formula is C15H19N5O2. The maximum Gasteiger partial charge on any atom is 0.223 e. The summed E-state index contributed by atoms with van der Waals surface area (Å²) in [5.41, 5.74) is 1.07. The van der Waals surface area contributed by atoms with Crippen LogP contribution in [0.3, 0.4) is 0 Å². The Kier molecular flexibility index (Phi) is 4.43. The van der Waals surface area contributed by atoms with Gasteiger partial charge in [0.25, 0.3) is 0 Å². The number of aromatic amines is 1. The van der Waals surface area contributed by atoms with Crippen molar-refractivity contribution in [3.05, 3.63) is 41.7 Å². The molecular weight excluding hydrogens is 282 g/mol. The van der Waals surface area contributed by atoms with Gasteiger partial charge in [-0.2, -0.15) is 5.10 Å². The highest BCUT2D eigenvalue weighted by atomic mass is 16.5. The van der Waals surface area contributed by atoms with Gasteiger partial charge in [0, 0.05) is 25.4 Å². The largest absolute Gasteiger partial charge is 0.366 e. The number of aromatic nitrogens is 4. The lowest BCUT2D eigenvalue weighted by molar-refractivity contribution is -0.139. The molecule has 1 saturated heterocycles. The van der Waals surface area contributed by atoms with Crippen molar-refractivity contribution >= 4 is 5.91 Å². The van der Waals surface area contributed by atoms with E-state index in [1.807, 2.05) is 24.0 Å². The minimum atomic E-state index is -0.249. The van der Waals surface area contributed by atoms with Crippen molar-refractivity contribution in [2.75, 3.05) is 19.7 Å². The van der Waals surface area contributed by atoms with Gasteiger partial charge in [-0.15, -0.1) is 0 Å². The lowest BCUT2D eigenvalue weighted by Crippen LogP contribution is -2.42. The molecule has 1 amide bonds. The highest BCUT2D eigenvalue weighted by molar-refractivity contribution is 5.76. The Morgan fingerprint density at radius 2 is 2.45 bits per heavy atom. The predicted octanol–water partition coefficient (Wildman–Crippen LogP) is 1.04. The van der Waals surface area contributed by atoms with Gasteiger partial charge >= 0.3 is 0 Å². The number of hydrogen-bond acceptors (Lipinski definition) is 5. The third-order valence-corrected chi connectivity index (χ3v) is 3.67. The number of pyridine rings is 1. The monoisotopic (exact) mass is 301 g/mol. The Morgan fingerprint density at radius 1 is 1.55 bits per heavy atom. The summed E-state index contributed by atoms with van der Waals surface area (Å²) >= 11 is 0. The van der Waals surface area contributed by atoms with Crippen LogP contribution in [-0.4, -0.2) is 50.7 Å². The Bertz CT molecular complexity index is 628. The standard InChI is InChI=1S/C15H19N5O2/c1-11-17-15(19-18-11)13-10-20(7-8-22-13)14(21)5-4-12-3-2-6-16-9-12/h2-3,6,9,13H,4-5,7-8,10H2,1H3,(H,17,18,19). The smallest absolute Gasteiger partial charge is 0.223 e. The van der Waals surface area contributed by atoms with E-state index < -0.39 is 0 Å². The maximum absolute atomic E-state index is 12.4. The SMILES string of the molecule is Cc1nc(C2CN(C(=O)CCc3cccnc3)CCO2)n[nH]1. The van der Waals surface area contributed by atoms with Gasteiger partial charge in [-0.1, -0.05) is 6.07 Å². The van der Waals surface area contributed by atoms with E-state index in [4.69, 9.17) is 4.74 Å². The molecule has 0 saturated carbocycles. The summed E-state index contributed by atoms with van der Waals surface area (Å²) in [6.07, 6.45) is 4.46. The molecule has 3 rings (SSSR count). The van der Waals surface area contributed by atoms with Gasteiger partial charge in [0.05, 0.1) is 13.2 Å².